The predicted molar refractivity (Wildman–Crippen MR) is 79.4 cm³/mol. The molecule has 1 heterocycles. The second kappa shape index (κ2) is 6.49. The van der Waals surface area contributed by atoms with Crippen LogP contribution in [0.1, 0.15) is 49.9 Å². The van der Waals surface area contributed by atoms with Gasteiger partial charge in [-0.2, -0.15) is 0 Å². The molecule has 0 saturated carbocycles. The summed E-state index contributed by atoms with van der Waals surface area (Å²) in [5, 5.41) is 0. The van der Waals surface area contributed by atoms with Crippen LogP contribution in [0.5, 0.6) is 0 Å². The highest BCUT2D eigenvalue weighted by atomic mass is 19.1. The molecule has 0 N–H and O–H groups in total. The molecule has 0 aliphatic carbocycles. The summed E-state index contributed by atoms with van der Waals surface area (Å²) >= 11 is 0. The molecule has 1 fully saturated rings. The van der Waals surface area contributed by atoms with E-state index in [9.17, 15) is 9.18 Å². The summed E-state index contributed by atoms with van der Waals surface area (Å²) in [5.41, 5.74) is 1.02. The van der Waals surface area contributed by atoms with Gasteiger partial charge < -0.3 is 4.90 Å². The molecule has 0 unspecified atom stereocenters. The Kier molecular flexibility index (Phi) is 4.92. The zero-order valence-corrected chi connectivity index (χ0v) is 12.5. The number of ketones is 1. The highest BCUT2D eigenvalue weighted by Gasteiger charge is 2.25. The Morgan fingerprint density at radius 3 is 2.65 bits per heavy atom. The number of carbonyl (C=O) groups excluding carboxylic acids is 1. The van der Waals surface area contributed by atoms with Gasteiger partial charge in [0.15, 0.2) is 5.78 Å². The van der Waals surface area contributed by atoms with E-state index in [1.807, 2.05) is 0 Å². The van der Waals surface area contributed by atoms with E-state index in [2.05, 4.69) is 18.7 Å². The Morgan fingerprint density at radius 1 is 1.30 bits per heavy atom. The monoisotopic (exact) mass is 277 g/mol. The van der Waals surface area contributed by atoms with Crippen LogP contribution in [0.3, 0.4) is 0 Å². The third kappa shape index (κ3) is 4.41. The van der Waals surface area contributed by atoms with Crippen LogP contribution in [0.15, 0.2) is 24.3 Å². The van der Waals surface area contributed by atoms with E-state index < -0.39 is 0 Å². The molecular weight excluding hydrogens is 253 g/mol. The zero-order chi connectivity index (χ0) is 14.6. The van der Waals surface area contributed by atoms with E-state index in [-0.39, 0.29) is 11.6 Å². The number of piperidine rings is 1. The molecule has 1 aromatic carbocycles. The molecule has 0 aromatic heterocycles. The summed E-state index contributed by atoms with van der Waals surface area (Å²) in [6.45, 7) is 7.87. The van der Waals surface area contributed by atoms with Crippen molar-refractivity contribution in [2.75, 3.05) is 19.6 Å². The number of rotatable bonds is 5. The maximum atomic E-state index is 12.8. The van der Waals surface area contributed by atoms with Crippen molar-refractivity contribution >= 4 is 5.78 Å². The van der Waals surface area contributed by atoms with E-state index in [0.717, 1.165) is 26.1 Å². The highest BCUT2D eigenvalue weighted by Crippen LogP contribution is 2.28. The largest absolute Gasteiger partial charge is 0.303 e. The topological polar surface area (TPSA) is 20.3 Å². The summed E-state index contributed by atoms with van der Waals surface area (Å²) in [6, 6.07) is 5.84. The fourth-order valence-electron chi connectivity index (χ4n) is 2.98. The molecule has 3 heteroatoms. The summed E-state index contributed by atoms with van der Waals surface area (Å²) < 4.78 is 12.8. The van der Waals surface area contributed by atoms with Gasteiger partial charge in [-0.05, 0) is 62.0 Å². The fraction of sp³-hybridized carbons (Fsp3) is 0.588. The van der Waals surface area contributed by atoms with E-state index in [1.165, 1.54) is 25.0 Å². The second-order valence-electron chi connectivity index (χ2n) is 6.58. The molecule has 1 aliphatic rings. The minimum atomic E-state index is -0.294. The Bertz CT molecular complexity index is 453. The molecule has 2 nitrogen and oxygen atoms in total. The van der Waals surface area contributed by atoms with Crippen LogP contribution in [0.2, 0.25) is 0 Å². The van der Waals surface area contributed by atoms with Crippen molar-refractivity contribution in [2.24, 2.45) is 5.41 Å². The number of carbonyl (C=O) groups is 1. The minimum absolute atomic E-state index is 0.112. The normalized spacial score (nSPS) is 18.9. The maximum absolute atomic E-state index is 12.8. The number of benzene rings is 1. The van der Waals surface area contributed by atoms with Crippen molar-refractivity contribution in [3.63, 3.8) is 0 Å². The van der Waals surface area contributed by atoms with Gasteiger partial charge in [-0.3, -0.25) is 4.79 Å². The third-order valence-electron chi connectivity index (χ3n) is 4.02. The van der Waals surface area contributed by atoms with Crippen molar-refractivity contribution in [2.45, 2.75) is 39.5 Å². The van der Waals surface area contributed by atoms with Crippen molar-refractivity contribution in [3.8, 4) is 0 Å². The summed E-state index contributed by atoms with van der Waals surface area (Å²) in [6.07, 6.45) is 3.96. The van der Waals surface area contributed by atoms with E-state index >= 15 is 0 Å². The molecular formula is C17H24FNO. The number of nitrogens with zero attached hydrogens (tertiary/aromatic N) is 1. The quantitative estimate of drug-likeness (QED) is 0.761. The molecule has 0 radical (unpaired) electrons. The first-order valence-electron chi connectivity index (χ1n) is 7.47. The molecule has 0 atom stereocenters. The van der Waals surface area contributed by atoms with E-state index in [1.54, 1.807) is 12.1 Å². The average molecular weight is 277 g/mol. The zero-order valence-electron chi connectivity index (χ0n) is 12.5. The van der Waals surface area contributed by atoms with Crippen molar-refractivity contribution < 1.29 is 9.18 Å². The van der Waals surface area contributed by atoms with E-state index in [0.29, 0.717) is 17.4 Å². The van der Waals surface area contributed by atoms with Gasteiger partial charge in [0.1, 0.15) is 5.82 Å². The van der Waals surface area contributed by atoms with Gasteiger partial charge in [-0.1, -0.05) is 13.8 Å². The Labute approximate surface area is 121 Å². The molecule has 0 amide bonds. The molecule has 0 spiro atoms. The number of likely N-dealkylation sites (tertiary alicyclic amines) is 1. The lowest BCUT2D eigenvalue weighted by atomic mass is 9.84. The lowest BCUT2D eigenvalue weighted by molar-refractivity contribution is 0.0948. The number of Topliss-reactive ketones (excluding diaryl/α,β-unsaturated/α-hetero) is 1. The molecule has 0 bridgehead atoms. The smallest absolute Gasteiger partial charge is 0.162 e. The van der Waals surface area contributed by atoms with Crippen LogP contribution in [0, 0.1) is 11.2 Å². The molecule has 110 valence electrons. The first-order valence-corrected chi connectivity index (χ1v) is 7.47. The van der Waals surface area contributed by atoms with Crippen molar-refractivity contribution in [1.29, 1.82) is 0 Å². The first kappa shape index (κ1) is 15.2. The lowest BCUT2D eigenvalue weighted by Gasteiger charge is -2.38. The molecule has 20 heavy (non-hydrogen) atoms. The van der Waals surface area contributed by atoms with Gasteiger partial charge in [0.2, 0.25) is 0 Å². The highest BCUT2D eigenvalue weighted by molar-refractivity contribution is 5.95. The fourth-order valence-corrected chi connectivity index (χ4v) is 2.98. The van der Waals surface area contributed by atoms with Crippen LogP contribution < -0.4 is 0 Å². The number of hydrogen-bond acceptors (Lipinski definition) is 2. The van der Waals surface area contributed by atoms with Gasteiger partial charge in [-0.15, -0.1) is 0 Å². The van der Waals surface area contributed by atoms with Gasteiger partial charge >= 0.3 is 0 Å². The third-order valence-corrected chi connectivity index (χ3v) is 4.02. The van der Waals surface area contributed by atoms with Gasteiger partial charge in [0.25, 0.3) is 0 Å². The van der Waals surface area contributed by atoms with E-state index in [4.69, 9.17) is 0 Å². The Morgan fingerprint density at radius 2 is 2.00 bits per heavy atom. The standard InChI is InChI=1S/C17H24FNO/c1-17(2)10-4-12-19(13-17)11-3-5-16(20)14-6-8-15(18)9-7-14/h6-9H,3-5,10-13H2,1-2H3. The predicted octanol–water partition coefficient (Wildman–Crippen LogP) is 3.91. The molecule has 2 rings (SSSR count). The van der Waals surface area contributed by atoms with Crippen LogP contribution in [0.4, 0.5) is 4.39 Å². The Balaban J connectivity index is 1.75. The number of hydrogen-bond donors (Lipinski definition) is 0. The van der Waals surface area contributed by atoms with Crippen LogP contribution in [-0.2, 0) is 0 Å². The van der Waals surface area contributed by atoms with Crippen molar-refractivity contribution in [3.05, 3.63) is 35.6 Å². The lowest BCUT2D eigenvalue weighted by Crippen LogP contribution is -2.40. The van der Waals surface area contributed by atoms with Crippen LogP contribution in [-0.4, -0.2) is 30.3 Å². The summed E-state index contributed by atoms with van der Waals surface area (Å²) in [7, 11) is 0. The SMILES string of the molecule is CC1(C)CCCN(CCCC(=O)c2ccc(F)cc2)C1. The van der Waals surface area contributed by atoms with Gasteiger partial charge in [0, 0.05) is 18.5 Å². The van der Waals surface area contributed by atoms with Crippen molar-refractivity contribution in [1.82, 2.24) is 4.90 Å². The van der Waals surface area contributed by atoms with Crippen LogP contribution in [0.25, 0.3) is 0 Å². The molecule has 1 saturated heterocycles. The second-order valence-corrected chi connectivity index (χ2v) is 6.58. The first-order chi connectivity index (χ1) is 9.46. The molecule has 1 aromatic rings. The molecule has 1 aliphatic heterocycles. The Hall–Kier alpha value is -1.22. The van der Waals surface area contributed by atoms with Crippen LogP contribution >= 0.6 is 0 Å². The van der Waals surface area contributed by atoms with Gasteiger partial charge in [-0.25, -0.2) is 4.39 Å². The summed E-state index contributed by atoms with van der Waals surface area (Å²) in [5.74, 6) is -0.182. The average Bonchev–Trinajstić information content (AvgIpc) is 2.38. The number of halogens is 1. The summed E-state index contributed by atoms with van der Waals surface area (Å²) in [4.78, 5) is 14.4. The van der Waals surface area contributed by atoms with Gasteiger partial charge in [0.05, 0.1) is 0 Å². The minimum Gasteiger partial charge on any atom is -0.303 e. The maximum Gasteiger partial charge on any atom is 0.162 e.